The molecule has 0 aliphatic carbocycles. The quantitative estimate of drug-likeness (QED) is 0.286. The summed E-state index contributed by atoms with van der Waals surface area (Å²) < 4.78 is 0.666. The Kier molecular flexibility index (Phi) is 6.69. The average Bonchev–Trinajstić information content (AvgIpc) is 3.02. The van der Waals surface area contributed by atoms with Crippen molar-refractivity contribution in [3.8, 4) is 0 Å². The summed E-state index contributed by atoms with van der Waals surface area (Å²) in [5.41, 5.74) is 1.50. The van der Waals surface area contributed by atoms with Crippen LogP contribution in [0.25, 0.3) is 10.3 Å². The number of nitrogens with one attached hydrogen (secondary N) is 2. The summed E-state index contributed by atoms with van der Waals surface area (Å²) in [4.78, 5) is 27.6. The molecule has 3 rings (SSSR count). The zero-order chi connectivity index (χ0) is 19.4. The Hall–Kier alpha value is -1.68. The highest BCUT2D eigenvalue weighted by Gasteiger charge is 2.17. The van der Waals surface area contributed by atoms with Crippen LogP contribution in [0.15, 0.2) is 28.3 Å². The number of aromatic nitrogens is 4. The lowest BCUT2D eigenvalue weighted by atomic mass is 10.2. The number of H-pyrrole nitrogens is 1. The van der Waals surface area contributed by atoms with Crippen LogP contribution in [0, 0.1) is 0 Å². The SMILES string of the molecule is CCC[C@H](CO)Nc1nc(SC(C)c2ccc(Cl)nc2)nc2[nH]c(=O)sc12. The summed E-state index contributed by atoms with van der Waals surface area (Å²) in [6, 6.07) is 3.54. The predicted molar refractivity (Wildman–Crippen MR) is 111 cm³/mol. The molecule has 144 valence electrons. The summed E-state index contributed by atoms with van der Waals surface area (Å²) in [7, 11) is 0. The van der Waals surface area contributed by atoms with Crippen molar-refractivity contribution in [1.82, 2.24) is 19.9 Å². The zero-order valence-corrected chi connectivity index (χ0v) is 17.3. The van der Waals surface area contributed by atoms with Crippen molar-refractivity contribution in [2.75, 3.05) is 11.9 Å². The maximum atomic E-state index is 11.8. The summed E-state index contributed by atoms with van der Waals surface area (Å²) in [5, 5.41) is 13.9. The molecule has 0 fully saturated rings. The van der Waals surface area contributed by atoms with E-state index in [1.165, 1.54) is 11.8 Å². The van der Waals surface area contributed by atoms with E-state index in [2.05, 4.69) is 32.2 Å². The van der Waals surface area contributed by atoms with Crippen LogP contribution in [-0.2, 0) is 0 Å². The van der Waals surface area contributed by atoms with Gasteiger partial charge >= 0.3 is 4.87 Å². The average molecular weight is 426 g/mol. The van der Waals surface area contributed by atoms with E-state index >= 15 is 0 Å². The third kappa shape index (κ3) is 4.98. The summed E-state index contributed by atoms with van der Waals surface area (Å²) in [6.07, 6.45) is 3.46. The van der Waals surface area contributed by atoms with Gasteiger partial charge in [0.1, 0.15) is 9.85 Å². The minimum Gasteiger partial charge on any atom is -0.394 e. The molecule has 27 heavy (non-hydrogen) atoms. The van der Waals surface area contributed by atoms with Crippen molar-refractivity contribution in [3.63, 3.8) is 0 Å². The zero-order valence-electron chi connectivity index (χ0n) is 14.9. The second kappa shape index (κ2) is 9.01. The molecule has 0 saturated heterocycles. The molecule has 3 heterocycles. The van der Waals surface area contributed by atoms with Crippen molar-refractivity contribution >= 4 is 50.9 Å². The van der Waals surface area contributed by atoms with Crippen LogP contribution in [0.2, 0.25) is 5.15 Å². The standard InChI is InChI=1S/C17H20ClN5O2S2/c1-3-4-11(8-24)20-14-13-15(23-17(25)27-13)22-16(21-14)26-9(2)10-5-6-12(18)19-7-10/h5-7,9,11,24H,3-4,8H2,1-2H3,(H2,20,21,22,23,25)/t9?,11-/m1/s1. The lowest BCUT2D eigenvalue weighted by Crippen LogP contribution is -2.24. The molecule has 0 saturated carbocycles. The number of pyridine rings is 1. The molecular formula is C17H20ClN5O2S2. The Morgan fingerprint density at radius 2 is 2.22 bits per heavy atom. The van der Waals surface area contributed by atoms with Gasteiger partial charge in [-0.05, 0) is 25.0 Å². The third-order valence-corrected chi connectivity index (χ3v) is 6.08. The normalized spacial score (nSPS) is 13.6. The lowest BCUT2D eigenvalue weighted by Gasteiger charge is -2.17. The van der Waals surface area contributed by atoms with Gasteiger partial charge in [0.25, 0.3) is 0 Å². The molecule has 3 aromatic heterocycles. The number of hydrogen-bond acceptors (Lipinski definition) is 8. The van der Waals surface area contributed by atoms with Crippen LogP contribution in [0.1, 0.15) is 37.5 Å². The Morgan fingerprint density at radius 1 is 1.41 bits per heavy atom. The molecule has 1 unspecified atom stereocenters. The number of aromatic amines is 1. The third-order valence-electron chi connectivity index (χ3n) is 3.96. The first-order valence-corrected chi connectivity index (χ1v) is 10.6. The van der Waals surface area contributed by atoms with Crippen LogP contribution < -0.4 is 10.2 Å². The van der Waals surface area contributed by atoms with E-state index in [0.717, 1.165) is 29.7 Å². The van der Waals surface area contributed by atoms with Crippen molar-refractivity contribution in [3.05, 3.63) is 38.7 Å². The molecule has 3 N–H and O–H groups in total. The van der Waals surface area contributed by atoms with E-state index in [9.17, 15) is 9.90 Å². The Morgan fingerprint density at radius 3 is 2.89 bits per heavy atom. The number of rotatable bonds is 8. The second-order valence-electron chi connectivity index (χ2n) is 6.03. The van der Waals surface area contributed by atoms with E-state index in [1.807, 2.05) is 13.0 Å². The van der Waals surface area contributed by atoms with Crippen LogP contribution in [0.3, 0.4) is 0 Å². The number of nitrogens with zero attached hydrogens (tertiary/aromatic N) is 3. The first-order chi connectivity index (χ1) is 13.0. The molecule has 0 aliphatic rings. The lowest BCUT2D eigenvalue weighted by molar-refractivity contribution is 0.268. The van der Waals surface area contributed by atoms with Gasteiger partial charge in [0.05, 0.1) is 12.6 Å². The first kappa shape index (κ1) is 20.1. The Labute approximate surface area is 169 Å². The molecule has 0 aliphatic heterocycles. The number of aliphatic hydroxyl groups excluding tert-OH is 1. The van der Waals surface area contributed by atoms with Gasteiger partial charge in [-0.1, -0.05) is 54.1 Å². The molecule has 0 radical (unpaired) electrons. The first-order valence-electron chi connectivity index (χ1n) is 8.56. The smallest absolute Gasteiger partial charge is 0.306 e. The fourth-order valence-electron chi connectivity index (χ4n) is 2.58. The highest BCUT2D eigenvalue weighted by atomic mass is 35.5. The van der Waals surface area contributed by atoms with Crippen molar-refractivity contribution < 1.29 is 5.11 Å². The summed E-state index contributed by atoms with van der Waals surface area (Å²) >= 11 is 8.37. The molecule has 0 amide bonds. The Balaban J connectivity index is 1.91. The number of hydrogen-bond donors (Lipinski definition) is 3. The van der Waals surface area contributed by atoms with Gasteiger partial charge in [-0.25, -0.2) is 15.0 Å². The Bertz CT molecular complexity index is 960. The monoisotopic (exact) mass is 425 g/mol. The van der Waals surface area contributed by atoms with Gasteiger partial charge in [0.15, 0.2) is 16.6 Å². The molecule has 0 aromatic carbocycles. The number of fused-ring (bicyclic) bond motifs is 1. The van der Waals surface area contributed by atoms with Gasteiger partial charge < -0.3 is 10.4 Å². The fourth-order valence-corrected chi connectivity index (χ4v) is 4.30. The van der Waals surface area contributed by atoms with E-state index in [-0.39, 0.29) is 22.8 Å². The van der Waals surface area contributed by atoms with Gasteiger partial charge in [-0.2, -0.15) is 0 Å². The molecule has 10 heteroatoms. The number of aliphatic hydroxyl groups is 1. The molecule has 7 nitrogen and oxygen atoms in total. The summed E-state index contributed by atoms with van der Waals surface area (Å²) in [6.45, 7) is 4.08. The van der Waals surface area contributed by atoms with Crippen LogP contribution >= 0.6 is 34.7 Å². The van der Waals surface area contributed by atoms with Crippen LogP contribution in [-0.4, -0.2) is 37.7 Å². The van der Waals surface area contributed by atoms with E-state index in [4.69, 9.17) is 11.6 Å². The maximum absolute atomic E-state index is 11.8. The highest BCUT2D eigenvalue weighted by Crippen LogP contribution is 2.35. The van der Waals surface area contributed by atoms with Crippen molar-refractivity contribution in [1.29, 1.82) is 0 Å². The number of halogens is 1. The highest BCUT2D eigenvalue weighted by molar-refractivity contribution is 7.99. The van der Waals surface area contributed by atoms with Crippen molar-refractivity contribution in [2.24, 2.45) is 0 Å². The molecule has 0 spiro atoms. The number of thioether (sulfide) groups is 1. The topological polar surface area (TPSA) is 104 Å². The summed E-state index contributed by atoms with van der Waals surface area (Å²) in [5.74, 6) is 0.569. The van der Waals surface area contributed by atoms with Crippen molar-refractivity contribution in [2.45, 2.75) is 43.1 Å². The van der Waals surface area contributed by atoms with Gasteiger partial charge in [0.2, 0.25) is 0 Å². The molecular weight excluding hydrogens is 406 g/mol. The minimum absolute atomic E-state index is 0.00597. The predicted octanol–water partition coefficient (Wildman–Crippen LogP) is 3.85. The molecule has 3 aromatic rings. The van der Waals surface area contributed by atoms with E-state index < -0.39 is 0 Å². The van der Waals surface area contributed by atoms with Gasteiger partial charge in [0, 0.05) is 11.4 Å². The minimum atomic E-state index is -0.185. The van der Waals surface area contributed by atoms with E-state index in [1.54, 1.807) is 12.3 Å². The largest absolute Gasteiger partial charge is 0.394 e. The fraction of sp³-hybridized carbons (Fsp3) is 0.412. The van der Waals surface area contributed by atoms with Crippen LogP contribution in [0.5, 0.6) is 0 Å². The maximum Gasteiger partial charge on any atom is 0.306 e. The molecule has 2 atom stereocenters. The van der Waals surface area contributed by atoms with Gasteiger partial charge in [-0.15, -0.1) is 0 Å². The van der Waals surface area contributed by atoms with E-state index in [0.29, 0.717) is 26.5 Å². The number of thiazole rings is 1. The van der Waals surface area contributed by atoms with Crippen LogP contribution in [0.4, 0.5) is 5.82 Å². The second-order valence-corrected chi connectivity index (χ2v) is 8.71. The molecule has 0 bridgehead atoms. The number of anilines is 1. The van der Waals surface area contributed by atoms with Gasteiger partial charge in [-0.3, -0.25) is 9.78 Å².